The standard InChI is InChI=1S/C25H22ClN3O2S/c1-17-11-12-19(15-21(17)26)29-24(31)20-9-5-6-10-22(20)28-25(29)32-16-23(30)27-14-13-18-7-3-2-4-8-18/h2-12,15H,13-14,16H2,1H3,(H,27,30). The largest absolute Gasteiger partial charge is 0.355 e. The number of halogens is 1. The van der Waals surface area contributed by atoms with Crippen molar-refractivity contribution in [3.05, 3.63) is 99.3 Å². The number of rotatable bonds is 7. The summed E-state index contributed by atoms with van der Waals surface area (Å²) in [7, 11) is 0. The molecule has 3 aromatic carbocycles. The van der Waals surface area contributed by atoms with Gasteiger partial charge in [-0.1, -0.05) is 71.9 Å². The number of hydrogen-bond donors (Lipinski definition) is 1. The molecular weight excluding hydrogens is 442 g/mol. The lowest BCUT2D eigenvalue weighted by molar-refractivity contribution is -0.118. The molecule has 4 rings (SSSR count). The van der Waals surface area contributed by atoms with Gasteiger partial charge < -0.3 is 5.32 Å². The Morgan fingerprint density at radius 1 is 1.06 bits per heavy atom. The Morgan fingerprint density at radius 3 is 2.59 bits per heavy atom. The highest BCUT2D eigenvalue weighted by atomic mass is 35.5. The maximum absolute atomic E-state index is 13.3. The molecule has 0 saturated heterocycles. The zero-order valence-corrected chi connectivity index (χ0v) is 19.1. The number of para-hydroxylation sites is 1. The molecule has 32 heavy (non-hydrogen) atoms. The molecular formula is C25H22ClN3O2S. The summed E-state index contributed by atoms with van der Waals surface area (Å²) < 4.78 is 1.52. The van der Waals surface area contributed by atoms with E-state index in [1.165, 1.54) is 21.9 Å². The van der Waals surface area contributed by atoms with Crippen LogP contribution in [0.2, 0.25) is 5.02 Å². The fourth-order valence-corrected chi connectivity index (χ4v) is 4.35. The number of carbonyl (C=O) groups excluding carboxylic acids is 1. The van der Waals surface area contributed by atoms with E-state index < -0.39 is 0 Å². The third-order valence-corrected chi connectivity index (χ3v) is 6.42. The fraction of sp³-hybridized carbons (Fsp3) is 0.160. The monoisotopic (exact) mass is 463 g/mol. The van der Waals surface area contributed by atoms with Gasteiger partial charge in [0.15, 0.2) is 5.16 Å². The Labute approximate surface area is 195 Å². The summed E-state index contributed by atoms with van der Waals surface area (Å²) in [5.41, 5.74) is 3.11. The Balaban J connectivity index is 1.56. The van der Waals surface area contributed by atoms with Crippen molar-refractivity contribution in [3.8, 4) is 5.69 Å². The van der Waals surface area contributed by atoms with Crippen LogP contribution in [0, 0.1) is 6.92 Å². The van der Waals surface area contributed by atoms with Crippen LogP contribution < -0.4 is 10.9 Å². The van der Waals surface area contributed by atoms with Crippen LogP contribution in [0.3, 0.4) is 0 Å². The van der Waals surface area contributed by atoms with Gasteiger partial charge in [0.1, 0.15) is 0 Å². The number of hydrogen-bond acceptors (Lipinski definition) is 4. The summed E-state index contributed by atoms with van der Waals surface area (Å²) >= 11 is 7.55. The number of benzene rings is 3. The van der Waals surface area contributed by atoms with Crippen molar-refractivity contribution in [1.29, 1.82) is 0 Å². The molecule has 5 nitrogen and oxygen atoms in total. The maximum Gasteiger partial charge on any atom is 0.266 e. The third kappa shape index (κ3) is 5.03. The van der Waals surface area contributed by atoms with E-state index in [4.69, 9.17) is 11.6 Å². The Bertz CT molecular complexity index is 1320. The SMILES string of the molecule is Cc1ccc(-n2c(SCC(=O)NCCc3ccccc3)nc3ccccc3c2=O)cc1Cl. The average molecular weight is 464 g/mol. The van der Waals surface area contributed by atoms with Crippen molar-refractivity contribution in [1.82, 2.24) is 14.9 Å². The van der Waals surface area contributed by atoms with Crippen LogP contribution in [-0.2, 0) is 11.2 Å². The Kier molecular flexibility index (Phi) is 6.93. The molecule has 162 valence electrons. The van der Waals surface area contributed by atoms with Gasteiger partial charge in [0, 0.05) is 11.6 Å². The quantitative estimate of drug-likeness (QED) is 0.316. The van der Waals surface area contributed by atoms with Crippen molar-refractivity contribution in [3.63, 3.8) is 0 Å². The summed E-state index contributed by atoms with van der Waals surface area (Å²) in [6.07, 6.45) is 0.762. The van der Waals surface area contributed by atoms with Crippen LogP contribution in [0.4, 0.5) is 0 Å². The molecule has 0 unspecified atom stereocenters. The Morgan fingerprint density at radius 2 is 1.81 bits per heavy atom. The minimum atomic E-state index is -0.192. The topological polar surface area (TPSA) is 64.0 Å². The average Bonchev–Trinajstić information content (AvgIpc) is 2.80. The van der Waals surface area contributed by atoms with E-state index >= 15 is 0 Å². The van der Waals surface area contributed by atoms with E-state index in [1.807, 2.05) is 61.5 Å². The van der Waals surface area contributed by atoms with Crippen molar-refractivity contribution in [2.45, 2.75) is 18.5 Å². The number of nitrogens with zero attached hydrogens (tertiary/aromatic N) is 2. The predicted molar refractivity (Wildman–Crippen MR) is 131 cm³/mol. The molecule has 0 aliphatic carbocycles. The molecule has 1 heterocycles. The molecule has 0 fully saturated rings. The van der Waals surface area contributed by atoms with Gasteiger partial charge in [0.05, 0.1) is 22.3 Å². The highest BCUT2D eigenvalue weighted by Gasteiger charge is 2.15. The normalized spacial score (nSPS) is 10.9. The van der Waals surface area contributed by atoms with Crippen molar-refractivity contribution in [2.24, 2.45) is 0 Å². The molecule has 1 amide bonds. The smallest absolute Gasteiger partial charge is 0.266 e. The summed E-state index contributed by atoms with van der Waals surface area (Å²) in [5.74, 6) is 0.0425. The molecule has 0 saturated carbocycles. The lowest BCUT2D eigenvalue weighted by atomic mass is 10.1. The molecule has 0 bridgehead atoms. The number of aryl methyl sites for hydroxylation is 1. The van der Waals surface area contributed by atoms with Crippen LogP contribution in [0.5, 0.6) is 0 Å². The van der Waals surface area contributed by atoms with Crippen LogP contribution in [0.25, 0.3) is 16.6 Å². The van der Waals surface area contributed by atoms with Crippen molar-refractivity contribution in [2.75, 3.05) is 12.3 Å². The molecule has 0 spiro atoms. The van der Waals surface area contributed by atoms with E-state index in [0.29, 0.717) is 33.3 Å². The molecule has 1 aromatic heterocycles. The van der Waals surface area contributed by atoms with E-state index in [2.05, 4.69) is 10.3 Å². The number of fused-ring (bicyclic) bond motifs is 1. The molecule has 4 aromatic rings. The summed E-state index contributed by atoms with van der Waals surface area (Å²) in [5, 5.41) is 4.47. The number of thioether (sulfide) groups is 1. The number of aromatic nitrogens is 2. The second-order valence-electron chi connectivity index (χ2n) is 7.36. The highest BCUT2D eigenvalue weighted by molar-refractivity contribution is 7.99. The summed E-state index contributed by atoms with van der Waals surface area (Å²) in [4.78, 5) is 30.4. The zero-order valence-electron chi connectivity index (χ0n) is 17.5. The lowest BCUT2D eigenvalue weighted by Crippen LogP contribution is -2.28. The summed E-state index contributed by atoms with van der Waals surface area (Å²) in [6.45, 7) is 2.46. The minimum absolute atomic E-state index is 0.109. The van der Waals surface area contributed by atoms with Gasteiger partial charge in [-0.25, -0.2) is 4.98 Å². The molecule has 0 radical (unpaired) electrons. The number of nitrogens with one attached hydrogen (secondary N) is 1. The Hall–Kier alpha value is -3.09. The fourth-order valence-electron chi connectivity index (χ4n) is 3.33. The van der Waals surface area contributed by atoms with Crippen molar-refractivity contribution >= 4 is 40.2 Å². The molecule has 0 atom stereocenters. The van der Waals surface area contributed by atoms with Gasteiger partial charge in [-0.15, -0.1) is 0 Å². The minimum Gasteiger partial charge on any atom is -0.355 e. The number of carbonyl (C=O) groups is 1. The van der Waals surface area contributed by atoms with Crippen LogP contribution in [0.1, 0.15) is 11.1 Å². The zero-order chi connectivity index (χ0) is 22.5. The maximum atomic E-state index is 13.3. The first-order valence-corrected chi connectivity index (χ1v) is 11.6. The first-order valence-electron chi connectivity index (χ1n) is 10.2. The highest BCUT2D eigenvalue weighted by Crippen LogP contribution is 2.24. The van der Waals surface area contributed by atoms with Gasteiger partial charge in [0.2, 0.25) is 5.91 Å². The van der Waals surface area contributed by atoms with Crippen LogP contribution in [0.15, 0.2) is 82.7 Å². The van der Waals surface area contributed by atoms with Gasteiger partial charge in [-0.2, -0.15) is 0 Å². The van der Waals surface area contributed by atoms with E-state index in [-0.39, 0.29) is 17.2 Å². The first kappa shape index (κ1) is 22.1. The van der Waals surface area contributed by atoms with Gasteiger partial charge in [-0.3, -0.25) is 14.2 Å². The number of amides is 1. The predicted octanol–water partition coefficient (Wildman–Crippen LogP) is 4.80. The third-order valence-electron chi connectivity index (χ3n) is 5.07. The second-order valence-corrected chi connectivity index (χ2v) is 8.71. The van der Waals surface area contributed by atoms with Crippen molar-refractivity contribution < 1.29 is 4.79 Å². The van der Waals surface area contributed by atoms with Gasteiger partial charge in [-0.05, 0) is 48.7 Å². The lowest BCUT2D eigenvalue weighted by Gasteiger charge is -2.14. The van der Waals surface area contributed by atoms with Crippen LogP contribution >= 0.6 is 23.4 Å². The van der Waals surface area contributed by atoms with E-state index in [9.17, 15) is 9.59 Å². The molecule has 0 aliphatic heterocycles. The molecule has 0 aliphatic rings. The first-order chi connectivity index (χ1) is 15.5. The van der Waals surface area contributed by atoms with Gasteiger partial charge in [0.25, 0.3) is 5.56 Å². The van der Waals surface area contributed by atoms with E-state index in [1.54, 1.807) is 18.2 Å². The second kappa shape index (κ2) is 10.0. The molecule has 7 heteroatoms. The van der Waals surface area contributed by atoms with E-state index in [0.717, 1.165) is 12.0 Å². The molecule has 1 N–H and O–H groups in total. The summed E-state index contributed by atoms with van der Waals surface area (Å²) in [6, 6.07) is 22.6. The van der Waals surface area contributed by atoms with Crippen LogP contribution in [-0.4, -0.2) is 27.8 Å². The van der Waals surface area contributed by atoms with Gasteiger partial charge >= 0.3 is 0 Å².